The molecule has 7 heteroatoms. The first kappa shape index (κ1) is 16.9. The largest absolute Gasteiger partial charge is 0.755 e. The van der Waals surface area contributed by atoms with Crippen LogP contribution in [0.5, 0.6) is 5.75 Å². The van der Waals surface area contributed by atoms with E-state index >= 15 is 0 Å². The van der Waals surface area contributed by atoms with Crippen molar-refractivity contribution in [1.29, 1.82) is 0 Å². The molecule has 0 aromatic heterocycles. The topological polar surface area (TPSA) is 84.9 Å². The van der Waals surface area contributed by atoms with Crippen LogP contribution >= 0.6 is 0 Å². The third kappa shape index (κ3) is 4.75. The molecule has 0 aliphatic rings. The maximum atomic E-state index is 10.7. The third-order valence-electron chi connectivity index (χ3n) is 3.12. The van der Waals surface area contributed by atoms with Crippen LogP contribution < -0.4 is 9.46 Å². The number of aliphatic hydroxyl groups excluding tert-OH is 1. The highest BCUT2D eigenvalue weighted by Gasteiger charge is 2.16. The fraction of sp³-hybridized carbons (Fsp3) is 0.538. The van der Waals surface area contributed by atoms with Crippen LogP contribution in [0, 0.1) is 0 Å². The summed E-state index contributed by atoms with van der Waals surface area (Å²) in [6, 6.07) is 4.81. The van der Waals surface area contributed by atoms with Crippen molar-refractivity contribution < 1.29 is 18.6 Å². The molecule has 6 nitrogen and oxygen atoms in total. The van der Waals surface area contributed by atoms with Crippen LogP contribution in [0.25, 0.3) is 0 Å². The summed E-state index contributed by atoms with van der Waals surface area (Å²) < 4.78 is 28.8. The fourth-order valence-corrected chi connectivity index (χ4v) is 2.30. The standard InChI is InChI=1S/C13H22N2O4S/c1-4-15(5-2)9-12(16)11-8-10(14-20(17)18)6-7-13(11)19-3/h6-8,12,14,16H,4-5,9H2,1-3H3,(H,17,18)/p-1. The van der Waals surface area contributed by atoms with E-state index in [2.05, 4.69) is 9.62 Å². The van der Waals surface area contributed by atoms with Crippen LogP contribution in [0.1, 0.15) is 25.5 Å². The molecule has 20 heavy (non-hydrogen) atoms. The van der Waals surface area contributed by atoms with E-state index in [0.29, 0.717) is 23.5 Å². The SMILES string of the molecule is CCN(CC)CC(O)c1cc(NS(=O)[O-])ccc1OC. The van der Waals surface area contributed by atoms with Crippen molar-refractivity contribution in [3.05, 3.63) is 23.8 Å². The molecular weight excluding hydrogens is 280 g/mol. The van der Waals surface area contributed by atoms with Gasteiger partial charge in [0.05, 0.1) is 13.2 Å². The summed E-state index contributed by atoms with van der Waals surface area (Å²) >= 11 is -2.39. The van der Waals surface area contributed by atoms with Crippen molar-refractivity contribution in [3.63, 3.8) is 0 Å². The second kappa shape index (κ2) is 8.21. The highest BCUT2D eigenvalue weighted by atomic mass is 32.2. The Morgan fingerprint density at radius 3 is 2.60 bits per heavy atom. The van der Waals surface area contributed by atoms with Crippen molar-refractivity contribution in [1.82, 2.24) is 4.90 Å². The molecule has 114 valence electrons. The molecule has 0 heterocycles. The Bertz CT molecular complexity index is 452. The van der Waals surface area contributed by atoms with E-state index in [1.165, 1.54) is 7.11 Å². The molecule has 0 aliphatic carbocycles. The number of likely N-dealkylation sites (N-methyl/N-ethyl adjacent to an activating group) is 1. The van der Waals surface area contributed by atoms with E-state index in [9.17, 15) is 13.9 Å². The summed E-state index contributed by atoms with van der Waals surface area (Å²) in [4.78, 5) is 2.08. The fourth-order valence-electron chi connectivity index (χ4n) is 1.98. The van der Waals surface area contributed by atoms with E-state index in [4.69, 9.17) is 4.74 Å². The van der Waals surface area contributed by atoms with Crippen molar-refractivity contribution in [3.8, 4) is 5.75 Å². The number of anilines is 1. The highest BCUT2D eigenvalue weighted by Crippen LogP contribution is 2.29. The predicted octanol–water partition coefficient (Wildman–Crippen LogP) is 1.28. The first-order chi connectivity index (χ1) is 9.51. The van der Waals surface area contributed by atoms with E-state index in [0.717, 1.165) is 13.1 Å². The maximum Gasteiger partial charge on any atom is 0.124 e. The second-order valence-corrected chi connectivity index (χ2v) is 4.97. The van der Waals surface area contributed by atoms with Crippen LogP contribution in [-0.4, -0.2) is 45.5 Å². The van der Waals surface area contributed by atoms with Gasteiger partial charge in [-0.15, -0.1) is 0 Å². The van der Waals surface area contributed by atoms with Crippen LogP contribution in [0.2, 0.25) is 0 Å². The molecule has 0 fully saturated rings. The molecule has 0 amide bonds. The van der Waals surface area contributed by atoms with Crippen molar-refractivity contribution in [2.45, 2.75) is 20.0 Å². The molecule has 2 unspecified atom stereocenters. The summed E-state index contributed by atoms with van der Waals surface area (Å²) in [5.74, 6) is 0.534. The predicted molar refractivity (Wildman–Crippen MR) is 78.3 cm³/mol. The zero-order valence-corrected chi connectivity index (χ0v) is 12.8. The summed E-state index contributed by atoms with van der Waals surface area (Å²) in [7, 11) is 1.52. The lowest BCUT2D eigenvalue weighted by Crippen LogP contribution is -2.28. The monoisotopic (exact) mass is 301 g/mol. The molecule has 0 bridgehead atoms. The summed E-state index contributed by atoms with van der Waals surface area (Å²) in [5, 5.41) is 10.3. The quantitative estimate of drug-likeness (QED) is 0.707. The second-order valence-electron chi connectivity index (χ2n) is 4.30. The first-order valence-electron chi connectivity index (χ1n) is 6.46. The summed E-state index contributed by atoms with van der Waals surface area (Å²) in [6.45, 7) is 6.17. The Balaban J connectivity index is 2.97. The van der Waals surface area contributed by atoms with Gasteiger partial charge in [0.25, 0.3) is 0 Å². The number of ether oxygens (including phenoxy) is 1. The Kier molecular flexibility index (Phi) is 6.94. The highest BCUT2D eigenvalue weighted by molar-refractivity contribution is 7.80. The van der Waals surface area contributed by atoms with Crippen LogP contribution in [-0.2, 0) is 11.3 Å². The van der Waals surface area contributed by atoms with Gasteiger partial charge in [-0.3, -0.25) is 4.21 Å². The first-order valence-corrected chi connectivity index (χ1v) is 7.53. The number of benzene rings is 1. The number of hydrogen-bond acceptors (Lipinski definition) is 5. The zero-order valence-electron chi connectivity index (χ0n) is 12.0. The minimum atomic E-state index is -2.39. The molecule has 1 rings (SSSR count). The molecule has 2 atom stereocenters. The zero-order chi connectivity index (χ0) is 15.1. The van der Waals surface area contributed by atoms with Gasteiger partial charge in [0.15, 0.2) is 0 Å². The Hall–Kier alpha value is -1.15. The van der Waals surface area contributed by atoms with Gasteiger partial charge >= 0.3 is 0 Å². The summed E-state index contributed by atoms with van der Waals surface area (Å²) in [5.41, 5.74) is 0.961. The van der Waals surface area contributed by atoms with Gasteiger partial charge in [0.2, 0.25) is 0 Å². The van der Waals surface area contributed by atoms with Gasteiger partial charge < -0.3 is 24.0 Å². The molecule has 1 aromatic carbocycles. The van der Waals surface area contributed by atoms with Crippen molar-refractivity contribution in [2.24, 2.45) is 0 Å². The number of nitrogens with one attached hydrogen (secondary N) is 1. The van der Waals surface area contributed by atoms with Crippen LogP contribution in [0.4, 0.5) is 5.69 Å². The Labute approximate surface area is 122 Å². The van der Waals surface area contributed by atoms with Gasteiger partial charge in [0, 0.05) is 29.1 Å². The van der Waals surface area contributed by atoms with Gasteiger partial charge in [-0.25, -0.2) is 0 Å². The molecule has 0 saturated carbocycles. The van der Waals surface area contributed by atoms with Crippen LogP contribution in [0.3, 0.4) is 0 Å². The average molecular weight is 301 g/mol. The van der Waals surface area contributed by atoms with Gasteiger partial charge in [-0.1, -0.05) is 13.8 Å². The third-order valence-corrected chi connectivity index (χ3v) is 3.52. The molecule has 0 aliphatic heterocycles. The molecule has 0 saturated heterocycles. The average Bonchev–Trinajstić information content (AvgIpc) is 2.43. The lowest BCUT2D eigenvalue weighted by atomic mass is 10.1. The number of nitrogens with zero attached hydrogens (tertiary/aromatic N) is 1. The van der Waals surface area contributed by atoms with Crippen LogP contribution in [0.15, 0.2) is 18.2 Å². The molecule has 0 radical (unpaired) electrons. The number of methoxy groups -OCH3 is 1. The number of hydrogen-bond donors (Lipinski definition) is 2. The van der Waals surface area contributed by atoms with E-state index in [-0.39, 0.29) is 0 Å². The summed E-state index contributed by atoms with van der Waals surface area (Å²) in [6.07, 6.45) is -0.744. The number of rotatable bonds is 8. The van der Waals surface area contributed by atoms with E-state index in [1.54, 1.807) is 18.2 Å². The Morgan fingerprint density at radius 1 is 1.45 bits per heavy atom. The maximum absolute atomic E-state index is 10.7. The smallest absolute Gasteiger partial charge is 0.124 e. The minimum Gasteiger partial charge on any atom is -0.755 e. The number of aliphatic hydroxyl groups is 1. The normalized spacial score (nSPS) is 14.1. The molecule has 2 N–H and O–H groups in total. The molecule has 0 spiro atoms. The lowest BCUT2D eigenvalue weighted by Gasteiger charge is -2.23. The molecular formula is C13H21N2O4S-. The van der Waals surface area contributed by atoms with Gasteiger partial charge in [-0.05, 0) is 31.3 Å². The van der Waals surface area contributed by atoms with Crippen molar-refractivity contribution in [2.75, 3.05) is 31.5 Å². The van der Waals surface area contributed by atoms with Crippen molar-refractivity contribution >= 4 is 17.0 Å². The van der Waals surface area contributed by atoms with Gasteiger partial charge in [0.1, 0.15) is 5.75 Å². The minimum absolute atomic E-state index is 0.396. The van der Waals surface area contributed by atoms with Gasteiger partial charge in [-0.2, -0.15) is 0 Å². The van der Waals surface area contributed by atoms with E-state index < -0.39 is 17.4 Å². The Morgan fingerprint density at radius 2 is 2.10 bits per heavy atom. The lowest BCUT2D eigenvalue weighted by molar-refractivity contribution is 0.116. The molecule has 1 aromatic rings. The van der Waals surface area contributed by atoms with E-state index in [1.807, 2.05) is 13.8 Å².